The highest BCUT2D eigenvalue weighted by molar-refractivity contribution is 9.10. The van der Waals surface area contributed by atoms with Crippen molar-refractivity contribution in [1.82, 2.24) is 9.97 Å². The first-order valence-electron chi connectivity index (χ1n) is 6.31. The van der Waals surface area contributed by atoms with Gasteiger partial charge in [0.2, 0.25) is 5.88 Å². The lowest BCUT2D eigenvalue weighted by Crippen LogP contribution is -2.11. The number of nitrogens with one attached hydrogen (secondary N) is 1. The summed E-state index contributed by atoms with van der Waals surface area (Å²) in [5.74, 6) is 1.28. The molecule has 0 aliphatic rings. The molecule has 0 aliphatic heterocycles. The Morgan fingerprint density at radius 3 is 2.90 bits per heavy atom. The van der Waals surface area contributed by atoms with Crippen LogP contribution in [0.4, 0.5) is 11.5 Å². The highest BCUT2D eigenvalue weighted by Gasteiger charge is 2.08. The number of hydrogen-bond donors (Lipinski definition) is 2. The number of nitrogens with zero attached hydrogens (tertiary/aromatic N) is 2. The molecule has 6 heteroatoms. The van der Waals surface area contributed by atoms with E-state index in [9.17, 15) is 0 Å². The Balaban J connectivity index is 2.10. The standard InChI is InChI=1S/C14H17BrN4O/c1-9(2)20-14-10(4-3-5-17-14)7-18-13-12(16)6-11(15)8-19-13/h3-6,8-9H,7,16H2,1-2H3,(H,18,19). The summed E-state index contributed by atoms with van der Waals surface area (Å²) in [4.78, 5) is 8.49. The maximum Gasteiger partial charge on any atom is 0.218 e. The van der Waals surface area contributed by atoms with E-state index in [1.165, 1.54) is 0 Å². The second-order valence-corrected chi connectivity index (χ2v) is 5.49. The van der Waals surface area contributed by atoms with Crippen LogP contribution in [0.3, 0.4) is 0 Å². The molecule has 0 amide bonds. The third-order valence-electron chi connectivity index (χ3n) is 2.53. The molecule has 0 unspecified atom stereocenters. The van der Waals surface area contributed by atoms with Gasteiger partial charge in [0.1, 0.15) is 5.82 Å². The second kappa shape index (κ2) is 6.56. The van der Waals surface area contributed by atoms with Gasteiger partial charge >= 0.3 is 0 Å². The van der Waals surface area contributed by atoms with Crippen LogP contribution in [-0.4, -0.2) is 16.1 Å². The van der Waals surface area contributed by atoms with Crippen LogP contribution in [0.5, 0.6) is 5.88 Å². The molecule has 0 atom stereocenters. The van der Waals surface area contributed by atoms with Crippen molar-refractivity contribution in [3.05, 3.63) is 40.6 Å². The van der Waals surface area contributed by atoms with E-state index >= 15 is 0 Å². The smallest absolute Gasteiger partial charge is 0.218 e. The van der Waals surface area contributed by atoms with Gasteiger partial charge in [0, 0.05) is 29.0 Å². The fourth-order valence-electron chi connectivity index (χ4n) is 1.67. The highest BCUT2D eigenvalue weighted by atomic mass is 79.9. The Hall–Kier alpha value is -1.82. The van der Waals surface area contributed by atoms with E-state index in [1.54, 1.807) is 12.4 Å². The molecule has 2 aromatic rings. The summed E-state index contributed by atoms with van der Waals surface area (Å²) in [7, 11) is 0. The lowest BCUT2D eigenvalue weighted by molar-refractivity contribution is 0.230. The molecule has 2 heterocycles. The molecule has 2 rings (SSSR count). The molecule has 0 spiro atoms. The highest BCUT2D eigenvalue weighted by Crippen LogP contribution is 2.22. The topological polar surface area (TPSA) is 73.1 Å². The van der Waals surface area contributed by atoms with Crippen LogP contribution in [0.15, 0.2) is 35.1 Å². The molecule has 0 aliphatic carbocycles. The van der Waals surface area contributed by atoms with E-state index in [2.05, 4.69) is 31.2 Å². The Morgan fingerprint density at radius 1 is 1.40 bits per heavy atom. The van der Waals surface area contributed by atoms with Crippen LogP contribution in [0.25, 0.3) is 0 Å². The minimum Gasteiger partial charge on any atom is -0.475 e. The lowest BCUT2D eigenvalue weighted by atomic mass is 10.2. The maximum atomic E-state index is 5.90. The first-order chi connectivity index (χ1) is 9.56. The quantitative estimate of drug-likeness (QED) is 0.876. The summed E-state index contributed by atoms with van der Waals surface area (Å²) in [6.07, 6.45) is 3.50. The molecule has 5 nitrogen and oxygen atoms in total. The summed E-state index contributed by atoms with van der Waals surface area (Å²) >= 11 is 3.33. The molecule has 0 aromatic carbocycles. The van der Waals surface area contributed by atoms with E-state index in [0.717, 1.165) is 10.0 Å². The fourth-order valence-corrected chi connectivity index (χ4v) is 2.02. The van der Waals surface area contributed by atoms with Gasteiger partial charge < -0.3 is 15.8 Å². The first-order valence-corrected chi connectivity index (χ1v) is 7.11. The first kappa shape index (κ1) is 14.6. The van der Waals surface area contributed by atoms with Gasteiger partial charge in [0.25, 0.3) is 0 Å². The van der Waals surface area contributed by atoms with Gasteiger partial charge in [0.05, 0.1) is 11.8 Å². The molecule has 0 fully saturated rings. The molecule has 20 heavy (non-hydrogen) atoms. The zero-order valence-corrected chi connectivity index (χ0v) is 13.0. The van der Waals surface area contributed by atoms with Gasteiger partial charge in [-0.15, -0.1) is 0 Å². The van der Waals surface area contributed by atoms with Crippen molar-refractivity contribution in [2.45, 2.75) is 26.5 Å². The molecular formula is C14H17BrN4O. The zero-order valence-electron chi connectivity index (χ0n) is 11.4. The number of hydrogen-bond acceptors (Lipinski definition) is 5. The van der Waals surface area contributed by atoms with Gasteiger partial charge in [0.15, 0.2) is 0 Å². The second-order valence-electron chi connectivity index (χ2n) is 4.58. The summed E-state index contributed by atoms with van der Waals surface area (Å²) in [6.45, 7) is 4.50. The van der Waals surface area contributed by atoms with Crippen molar-refractivity contribution in [3.63, 3.8) is 0 Å². The molecule has 2 aromatic heterocycles. The number of pyridine rings is 2. The average molecular weight is 337 g/mol. The minimum atomic E-state index is 0.0829. The number of anilines is 2. The third kappa shape index (κ3) is 3.84. The number of halogens is 1. The van der Waals surface area contributed by atoms with Crippen molar-refractivity contribution in [1.29, 1.82) is 0 Å². The predicted octanol–water partition coefficient (Wildman–Crippen LogP) is 3.22. The monoisotopic (exact) mass is 336 g/mol. The van der Waals surface area contributed by atoms with Crippen LogP contribution < -0.4 is 15.8 Å². The predicted molar refractivity (Wildman–Crippen MR) is 83.7 cm³/mol. The van der Waals surface area contributed by atoms with Crippen molar-refractivity contribution >= 4 is 27.4 Å². The molecule has 0 bridgehead atoms. The summed E-state index contributed by atoms with van der Waals surface area (Å²) < 4.78 is 6.53. The van der Waals surface area contributed by atoms with E-state index in [-0.39, 0.29) is 6.10 Å². The molecule has 0 saturated heterocycles. The van der Waals surface area contributed by atoms with Crippen LogP contribution in [0.1, 0.15) is 19.4 Å². The summed E-state index contributed by atoms with van der Waals surface area (Å²) in [5.41, 5.74) is 7.46. The SMILES string of the molecule is CC(C)Oc1ncccc1CNc1ncc(Br)cc1N. The van der Waals surface area contributed by atoms with E-state index < -0.39 is 0 Å². The van der Waals surface area contributed by atoms with Crippen molar-refractivity contribution in [3.8, 4) is 5.88 Å². The van der Waals surface area contributed by atoms with Gasteiger partial charge in [-0.05, 0) is 41.9 Å². The van der Waals surface area contributed by atoms with E-state index in [1.807, 2.05) is 32.0 Å². The Morgan fingerprint density at radius 2 is 2.20 bits per heavy atom. The molecule has 106 valence electrons. The Kier molecular flexibility index (Phi) is 4.79. The minimum absolute atomic E-state index is 0.0829. The van der Waals surface area contributed by atoms with Gasteiger partial charge in [-0.2, -0.15) is 0 Å². The summed E-state index contributed by atoms with van der Waals surface area (Å²) in [5, 5.41) is 3.19. The van der Waals surface area contributed by atoms with E-state index in [0.29, 0.717) is 23.9 Å². The zero-order chi connectivity index (χ0) is 14.5. The maximum absolute atomic E-state index is 5.90. The van der Waals surface area contributed by atoms with Gasteiger partial charge in [-0.1, -0.05) is 6.07 Å². The van der Waals surface area contributed by atoms with Gasteiger partial charge in [-0.3, -0.25) is 0 Å². The number of nitrogen functional groups attached to an aromatic ring is 1. The fraction of sp³-hybridized carbons (Fsp3) is 0.286. The molecule has 0 saturated carbocycles. The molecule has 3 N–H and O–H groups in total. The summed E-state index contributed by atoms with van der Waals surface area (Å²) in [6, 6.07) is 5.65. The largest absolute Gasteiger partial charge is 0.475 e. The Bertz CT molecular complexity index is 589. The van der Waals surface area contributed by atoms with Crippen molar-refractivity contribution < 1.29 is 4.74 Å². The third-order valence-corrected chi connectivity index (χ3v) is 2.96. The number of aromatic nitrogens is 2. The van der Waals surface area contributed by atoms with Crippen LogP contribution in [-0.2, 0) is 6.54 Å². The Labute approximate surface area is 126 Å². The van der Waals surface area contributed by atoms with Crippen LogP contribution in [0, 0.1) is 0 Å². The van der Waals surface area contributed by atoms with Crippen LogP contribution >= 0.6 is 15.9 Å². The number of ether oxygens (including phenoxy) is 1. The normalized spacial score (nSPS) is 10.6. The average Bonchev–Trinajstić information content (AvgIpc) is 2.39. The van der Waals surface area contributed by atoms with Crippen LogP contribution in [0.2, 0.25) is 0 Å². The lowest BCUT2D eigenvalue weighted by Gasteiger charge is -2.14. The van der Waals surface area contributed by atoms with Crippen molar-refractivity contribution in [2.24, 2.45) is 0 Å². The van der Waals surface area contributed by atoms with E-state index in [4.69, 9.17) is 10.5 Å². The molecular weight excluding hydrogens is 320 g/mol. The van der Waals surface area contributed by atoms with Gasteiger partial charge in [-0.25, -0.2) is 9.97 Å². The number of nitrogens with two attached hydrogens (primary N) is 1. The molecule has 0 radical (unpaired) electrons. The number of rotatable bonds is 5. The van der Waals surface area contributed by atoms with Crippen molar-refractivity contribution in [2.75, 3.05) is 11.1 Å².